The number of carbonyl (C=O) groups excluding carboxylic acids is 1. The van der Waals surface area contributed by atoms with Gasteiger partial charge in [-0.3, -0.25) is 9.36 Å². The van der Waals surface area contributed by atoms with Crippen molar-refractivity contribution in [2.45, 2.75) is 25.9 Å². The van der Waals surface area contributed by atoms with Crippen LogP contribution in [0.3, 0.4) is 0 Å². The minimum Gasteiger partial charge on any atom is -0.325 e. The molecule has 25 heavy (non-hydrogen) atoms. The Morgan fingerprint density at radius 2 is 1.76 bits per heavy atom. The zero-order chi connectivity index (χ0) is 18.6. The van der Waals surface area contributed by atoms with Gasteiger partial charge in [0.15, 0.2) is 0 Å². The van der Waals surface area contributed by atoms with Crippen LogP contribution in [-0.2, 0) is 9.36 Å². The van der Waals surface area contributed by atoms with Gasteiger partial charge in [-0.25, -0.2) is 0 Å². The van der Waals surface area contributed by atoms with Crippen molar-refractivity contribution in [2.75, 3.05) is 5.32 Å². The summed E-state index contributed by atoms with van der Waals surface area (Å²) in [5.74, 6) is -0.681. The van der Waals surface area contributed by atoms with Crippen molar-refractivity contribution in [1.82, 2.24) is 0 Å². The Morgan fingerprint density at radius 1 is 1.12 bits per heavy atom. The third-order valence-corrected chi connectivity index (χ3v) is 5.22. The van der Waals surface area contributed by atoms with E-state index in [0.29, 0.717) is 10.7 Å². The lowest BCUT2D eigenvalue weighted by Gasteiger charge is -2.20. The van der Waals surface area contributed by atoms with E-state index in [1.165, 1.54) is 0 Å². The molecule has 0 aliphatic heterocycles. The van der Waals surface area contributed by atoms with E-state index in [2.05, 4.69) is 5.32 Å². The molecule has 0 aromatic heterocycles. The summed E-state index contributed by atoms with van der Waals surface area (Å²) in [6.07, 6.45) is 0.118. The molecule has 0 radical (unpaired) electrons. The smallest absolute Gasteiger partial charge is 0.325 e. The second kappa shape index (κ2) is 8.15. The van der Waals surface area contributed by atoms with E-state index in [0.717, 1.165) is 11.1 Å². The van der Waals surface area contributed by atoms with Gasteiger partial charge in [0, 0.05) is 10.7 Å². The van der Waals surface area contributed by atoms with E-state index in [4.69, 9.17) is 11.6 Å². The number of rotatable bonds is 6. The summed E-state index contributed by atoms with van der Waals surface area (Å²) in [6, 6.07) is 14.4. The van der Waals surface area contributed by atoms with Crippen LogP contribution < -0.4 is 5.32 Å². The number of carbonyl (C=O) groups is 1. The summed E-state index contributed by atoms with van der Waals surface area (Å²) in [5.41, 5.74) is 0.923. The number of anilines is 1. The first kappa shape index (κ1) is 19.7. The van der Waals surface area contributed by atoms with Gasteiger partial charge in [-0.05, 0) is 47.7 Å². The molecular weight excluding hydrogens is 361 g/mol. The molecule has 0 aliphatic carbocycles. The quantitative estimate of drug-likeness (QED) is 0.641. The summed E-state index contributed by atoms with van der Waals surface area (Å²) in [5, 5.41) is 3.25. The summed E-state index contributed by atoms with van der Waals surface area (Å²) >= 11 is 5.89. The van der Waals surface area contributed by atoms with E-state index in [-0.39, 0.29) is 12.3 Å². The lowest BCUT2D eigenvalue weighted by Crippen LogP contribution is -2.29. The highest BCUT2D eigenvalue weighted by molar-refractivity contribution is 7.53. The van der Waals surface area contributed by atoms with Crippen LogP contribution in [0.1, 0.15) is 20.3 Å². The maximum absolute atomic E-state index is 12.4. The molecule has 3 N–H and O–H groups in total. The van der Waals surface area contributed by atoms with Gasteiger partial charge in [-0.1, -0.05) is 49.7 Å². The van der Waals surface area contributed by atoms with E-state index >= 15 is 0 Å². The highest BCUT2D eigenvalue weighted by Crippen LogP contribution is 2.44. The zero-order valence-electron chi connectivity index (χ0n) is 14.0. The molecule has 0 heterocycles. The van der Waals surface area contributed by atoms with Crippen molar-refractivity contribution in [2.24, 2.45) is 5.92 Å². The largest absolute Gasteiger partial charge is 0.337 e. The van der Waals surface area contributed by atoms with Gasteiger partial charge < -0.3 is 15.1 Å². The minimum atomic E-state index is -4.52. The monoisotopic (exact) mass is 381 g/mol. The highest BCUT2D eigenvalue weighted by atomic mass is 35.5. The number of hydrogen-bond donors (Lipinski definition) is 3. The zero-order valence-corrected chi connectivity index (χ0v) is 15.7. The summed E-state index contributed by atoms with van der Waals surface area (Å²) in [4.78, 5) is 31.3. The molecule has 1 atom stereocenters. The molecule has 0 spiro atoms. The number of benzene rings is 2. The molecule has 0 aliphatic rings. The fourth-order valence-electron chi connectivity index (χ4n) is 2.49. The van der Waals surface area contributed by atoms with Crippen LogP contribution in [0.5, 0.6) is 0 Å². The van der Waals surface area contributed by atoms with E-state index in [9.17, 15) is 19.1 Å². The second-order valence-corrected chi connectivity index (χ2v) is 8.55. The van der Waals surface area contributed by atoms with Gasteiger partial charge >= 0.3 is 7.60 Å². The summed E-state index contributed by atoms with van der Waals surface area (Å²) in [6.45, 7) is 3.63. The first-order valence-corrected chi connectivity index (χ1v) is 9.95. The summed E-state index contributed by atoms with van der Waals surface area (Å²) in [7, 11) is -4.52. The third kappa shape index (κ3) is 5.68. The van der Waals surface area contributed by atoms with Crippen molar-refractivity contribution in [3.63, 3.8) is 0 Å². The Bertz CT molecular complexity index is 786. The van der Waals surface area contributed by atoms with E-state index in [1.54, 1.807) is 30.3 Å². The highest BCUT2D eigenvalue weighted by Gasteiger charge is 2.36. The molecule has 0 bridgehead atoms. The Labute approximate surface area is 152 Å². The molecule has 1 unspecified atom stereocenters. The second-order valence-electron chi connectivity index (χ2n) is 6.31. The van der Waals surface area contributed by atoms with Crippen LogP contribution in [0, 0.1) is 5.92 Å². The Morgan fingerprint density at radius 3 is 2.32 bits per heavy atom. The number of nitrogens with one attached hydrogen (secondary N) is 1. The van der Waals surface area contributed by atoms with Gasteiger partial charge in [0.05, 0.1) is 0 Å². The lowest BCUT2D eigenvalue weighted by molar-refractivity contribution is -0.116. The first-order valence-electron chi connectivity index (χ1n) is 7.89. The van der Waals surface area contributed by atoms with Crippen LogP contribution in [0.25, 0.3) is 11.1 Å². The maximum Gasteiger partial charge on any atom is 0.337 e. The average Bonchev–Trinajstić information content (AvgIpc) is 2.52. The maximum atomic E-state index is 12.4. The van der Waals surface area contributed by atoms with Crippen LogP contribution in [0.2, 0.25) is 5.02 Å². The molecule has 134 valence electrons. The Balaban J connectivity index is 2.21. The fraction of sp³-hybridized carbons (Fsp3) is 0.278. The van der Waals surface area contributed by atoms with Gasteiger partial charge in [0.25, 0.3) is 0 Å². The Hall–Kier alpha value is -1.65. The molecule has 0 fully saturated rings. The van der Waals surface area contributed by atoms with Gasteiger partial charge in [0.1, 0.15) is 5.66 Å². The van der Waals surface area contributed by atoms with Crippen molar-refractivity contribution in [3.05, 3.63) is 53.6 Å². The number of amides is 1. The number of halogens is 1. The molecule has 0 saturated carbocycles. The molecule has 7 heteroatoms. The molecular formula is C18H21ClNO4P. The van der Waals surface area contributed by atoms with Crippen molar-refractivity contribution < 1.29 is 19.1 Å². The normalized spacial score (nSPS) is 12.9. The van der Waals surface area contributed by atoms with Gasteiger partial charge in [-0.2, -0.15) is 0 Å². The molecule has 2 rings (SSSR count). The van der Waals surface area contributed by atoms with Gasteiger partial charge in [0.2, 0.25) is 5.91 Å². The average molecular weight is 382 g/mol. The van der Waals surface area contributed by atoms with Gasteiger partial charge in [-0.15, -0.1) is 0 Å². The van der Waals surface area contributed by atoms with E-state index in [1.807, 2.05) is 32.0 Å². The van der Waals surface area contributed by atoms with Crippen LogP contribution >= 0.6 is 19.2 Å². The standard InChI is InChI=1S/C18H21ClNO4P/c1-12(2)10-17(25(22,23)24)18(21)20-16-5-3-4-14(11-16)13-6-8-15(19)9-7-13/h3-9,11-12,17H,10H2,1-2H3,(H,20,21)(H2,22,23,24). The Kier molecular flexibility index (Phi) is 6.42. The predicted octanol–water partition coefficient (Wildman–Crippen LogP) is 4.54. The first-order chi connectivity index (χ1) is 11.7. The van der Waals surface area contributed by atoms with Crippen molar-refractivity contribution >= 4 is 30.8 Å². The SMILES string of the molecule is CC(C)CC(C(=O)Nc1cccc(-c2ccc(Cl)cc2)c1)P(=O)(O)O. The minimum absolute atomic E-state index is 0.0104. The van der Waals surface area contributed by atoms with Crippen molar-refractivity contribution in [1.29, 1.82) is 0 Å². The van der Waals surface area contributed by atoms with Crippen LogP contribution in [0.15, 0.2) is 48.5 Å². The molecule has 0 saturated heterocycles. The van der Waals surface area contributed by atoms with E-state index < -0.39 is 19.2 Å². The molecule has 2 aromatic carbocycles. The van der Waals surface area contributed by atoms with Crippen LogP contribution in [-0.4, -0.2) is 21.4 Å². The molecule has 5 nitrogen and oxygen atoms in total. The topological polar surface area (TPSA) is 86.6 Å². The summed E-state index contributed by atoms with van der Waals surface area (Å²) < 4.78 is 11.6. The molecule has 1 amide bonds. The fourth-order valence-corrected chi connectivity index (χ4v) is 3.68. The lowest BCUT2D eigenvalue weighted by atomic mass is 10.0. The molecule has 2 aromatic rings. The van der Waals surface area contributed by atoms with Crippen LogP contribution in [0.4, 0.5) is 5.69 Å². The third-order valence-electron chi connectivity index (χ3n) is 3.71. The van der Waals surface area contributed by atoms with Crippen molar-refractivity contribution in [3.8, 4) is 11.1 Å². The predicted molar refractivity (Wildman–Crippen MR) is 101 cm³/mol. The number of hydrogen-bond acceptors (Lipinski definition) is 2.